The number of nitrogens with zero attached hydrogens (tertiary/aromatic N) is 4. The summed E-state index contributed by atoms with van der Waals surface area (Å²) in [6.45, 7) is 4.77. The molecule has 0 bridgehead atoms. The number of aromatic nitrogens is 4. The van der Waals surface area contributed by atoms with Crippen LogP contribution < -0.4 is 37.3 Å². The fourth-order valence-electron chi connectivity index (χ4n) is 7.43. The summed E-state index contributed by atoms with van der Waals surface area (Å²) in [5, 5.41) is 13.3. The third kappa shape index (κ3) is 6.34. The van der Waals surface area contributed by atoms with Crippen LogP contribution in [0, 0.1) is 6.92 Å². The van der Waals surface area contributed by atoms with Crippen LogP contribution in [0.3, 0.4) is 0 Å². The van der Waals surface area contributed by atoms with Gasteiger partial charge in [-0.2, -0.15) is 0 Å². The summed E-state index contributed by atoms with van der Waals surface area (Å²) in [5.41, 5.74) is 7.36. The van der Waals surface area contributed by atoms with Crippen LogP contribution in [-0.4, -0.2) is 57.4 Å². The Morgan fingerprint density at radius 3 is 2.49 bits per heavy atom. The number of methoxy groups -OCH3 is 1. The number of fused-ring (bicyclic) bond motifs is 2. The van der Waals surface area contributed by atoms with Gasteiger partial charge in [0.1, 0.15) is 11.2 Å². The van der Waals surface area contributed by atoms with Gasteiger partial charge in [-0.1, -0.05) is 41.9 Å². The van der Waals surface area contributed by atoms with Gasteiger partial charge in [-0.25, -0.2) is 19.6 Å². The molecule has 2 amide bonds. The van der Waals surface area contributed by atoms with Gasteiger partial charge in [0.2, 0.25) is 5.88 Å². The molecule has 3 aliphatic rings. The highest BCUT2D eigenvalue weighted by molar-refractivity contribution is 6.36. The number of pyridine rings is 2. The van der Waals surface area contributed by atoms with Gasteiger partial charge in [0.15, 0.2) is 0 Å². The van der Waals surface area contributed by atoms with Crippen molar-refractivity contribution in [1.82, 2.24) is 35.1 Å². The van der Waals surface area contributed by atoms with Crippen LogP contribution in [0.15, 0.2) is 64.3 Å². The molecule has 264 valence electrons. The fraction of sp³-hybridized carbons (Fsp3) is 0.342. The topological polar surface area (TPSA) is 144 Å². The Kier molecular flexibility index (Phi) is 9.30. The Bertz CT molecular complexity index is 2290. The lowest BCUT2D eigenvalue weighted by atomic mass is 9.93. The summed E-state index contributed by atoms with van der Waals surface area (Å²) < 4.78 is 8.15. The zero-order valence-electron chi connectivity index (χ0n) is 29.2. The molecule has 3 aromatic heterocycles. The molecule has 2 fully saturated rings. The van der Waals surface area contributed by atoms with Crippen LogP contribution in [0.5, 0.6) is 5.88 Å². The smallest absolute Gasteiger partial charge is 0.330 e. The van der Waals surface area contributed by atoms with E-state index in [4.69, 9.17) is 21.3 Å². The van der Waals surface area contributed by atoms with Gasteiger partial charge in [0.05, 0.1) is 28.9 Å². The zero-order chi connectivity index (χ0) is 35.9. The van der Waals surface area contributed by atoms with E-state index in [9.17, 15) is 14.4 Å². The van der Waals surface area contributed by atoms with E-state index in [1.807, 2.05) is 43.3 Å². The number of hydrogen-bond donors (Lipinski definition) is 4. The van der Waals surface area contributed by atoms with Gasteiger partial charge >= 0.3 is 11.7 Å². The van der Waals surface area contributed by atoms with Crippen LogP contribution in [0.2, 0.25) is 5.02 Å². The molecule has 13 heteroatoms. The normalized spacial score (nSPS) is 17.8. The van der Waals surface area contributed by atoms with Crippen molar-refractivity contribution in [3.63, 3.8) is 0 Å². The predicted molar refractivity (Wildman–Crippen MR) is 200 cm³/mol. The minimum atomic E-state index is -0.407. The average molecular weight is 709 g/mol. The Morgan fingerprint density at radius 2 is 1.73 bits per heavy atom. The number of rotatable bonds is 5. The Morgan fingerprint density at radius 1 is 0.961 bits per heavy atom. The molecule has 12 nitrogen and oxygen atoms in total. The largest absolute Gasteiger partial charge is 0.481 e. The molecule has 0 saturated carbocycles. The highest BCUT2D eigenvalue weighted by Gasteiger charge is 2.37. The quantitative estimate of drug-likeness (QED) is 0.200. The molecular weight excluding hydrogens is 668 g/mol. The van der Waals surface area contributed by atoms with Crippen molar-refractivity contribution in [3.05, 3.63) is 97.3 Å². The third-order valence-corrected chi connectivity index (χ3v) is 10.7. The Hall–Kier alpha value is -5.20. The molecule has 1 unspecified atom stereocenters. The predicted octanol–water partition coefficient (Wildman–Crippen LogP) is 4.99. The SMILES string of the molecule is COc1nc(-c2cccc(-c3cccc(Nc4nccc5c4c(=O)n(C)c(=O)n5C)c3C)c2Cl)cc2c1CCC2.O=C1NCCC2(CCNC2)N1. The number of nitrogens with one attached hydrogen (secondary N) is 4. The zero-order valence-corrected chi connectivity index (χ0v) is 29.9. The molecule has 2 saturated heterocycles. The lowest BCUT2D eigenvalue weighted by molar-refractivity contribution is 0.211. The Labute approximate surface area is 300 Å². The number of anilines is 2. The van der Waals surface area contributed by atoms with Crippen molar-refractivity contribution in [1.29, 1.82) is 0 Å². The van der Waals surface area contributed by atoms with Crippen molar-refractivity contribution in [3.8, 4) is 28.3 Å². The number of carbonyl (C=O) groups is 1. The monoisotopic (exact) mass is 708 g/mol. The third-order valence-electron chi connectivity index (χ3n) is 10.3. The second-order valence-corrected chi connectivity index (χ2v) is 13.8. The van der Waals surface area contributed by atoms with Gasteiger partial charge in [-0.15, -0.1) is 0 Å². The molecule has 4 N–H and O–H groups in total. The standard InChI is InChI=1S/C31H28ClN5O3.C7H13N3O/c1-17-19(21-11-6-12-22(27(21)32)24-16-18-8-5-10-20(18)29(35-24)40-4)9-7-13-23(17)34-28-26-25(14-15-33-28)36(2)31(39)37(3)30(26)38;11-6-9-4-2-7(10-6)1-3-8-5-7/h6-7,9,11-16H,5,8,10H2,1-4H3,(H,33,34);8H,1-5H2,(H2,9,10,11). The van der Waals surface area contributed by atoms with E-state index in [1.165, 1.54) is 22.7 Å². The van der Waals surface area contributed by atoms with Crippen LogP contribution in [0.4, 0.5) is 16.3 Å². The molecule has 2 aliphatic heterocycles. The molecule has 51 heavy (non-hydrogen) atoms. The molecule has 8 rings (SSSR count). The first-order valence-electron chi connectivity index (χ1n) is 17.1. The van der Waals surface area contributed by atoms with Crippen molar-refractivity contribution < 1.29 is 9.53 Å². The van der Waals surface area contributed by atoms with E-state index < -0.39 is 11.2 Å². The number of aryl methyl sites for hydroxylation is 2. The van der Waals surface area contributed by atoms with Gasteiger partial charge in [-0.05, 0) is 80.5 Å². The molecule has 0 radical (unpaired) electrons. The second-order valence-electron chi connectivity index (χ2n) is 13.4. The first-order valence-corrected chi connectivity index (χ1v) is 17.5. The second kappa shape index (κ2) is 13.8. The van der Waals surface area contributed by atoms with E-state index >= 15 is 0 Å². The highest BCUT2D eigenvalue weighted by Crippen LogP contribution is 2.41. The summed E-state index contributed by atoms with van der Waals surface area (Å²) in [5.74, 6) is 1.04. The minimum absolute atomic E-state index is 0.0139. The van der Waals surface area contributed by atoms with E-state index in [0.717, 1.165) is 89.9 Å². The Balaban J connectivity index is 0.000000313. The van der Waals surface area contributed by atoms with Gasteiger partial charge < -0.3 is 26.0 Å². The summed E-state index contributed by atoms with van der Waals surface area (Å²) in [6, 6.07) is 15.6. The van der Waals surface area contributed by atoms with E-state index in [2.05, 4.69) is 32.3 Å². The van der Waals surface area contributed by atoms with Gasteiger partial charge in [0.25, 0.3) is 5.56 Å². The van der Waals surface area contributed by atoms with Crippen LogP contribution in [0.1, 0.15) is 36.0 Å². The number of ether oxygens (including phenoxy) is 1. The number of benzene rings is 2. The van der Waals surface area contributed by atoms with Crippen LogP contribution in [0.25, 0.3) is 33.3 Å². The highest BCUT2D eigenvalue weighted by atomic mass is 35.5. The molecule has 5 aromatic rings. The van der Waals surface area contributed by atoms with E-state index in [1.54, 1.807) is 26.4 Å². The number of halogens is 1. The van der Waals surface area contributed by atoms with Gasteiger partial charge in [-0.3, -0.25) is 13.9 Å². The summed E-state index contributed by atoms with van der Waals surface area (Å²) in [6.07, 6.45) is 6.78. The molecule has 1 atom stereocenters. The van der Waals surface area contributed by atoms with Crippen molar-refractivity contribution >= 4 is 40.0 Å². The van der Waals surface area contributed by atoms with Crippen molar-refractivity contribution in [2.45, 2.75) is 44.6 Å². The molecule has 2 aromatic carbocycles. The molecule has 5 heterocycles. The van der Waals surface area contributed by atoms with Gasteiger partial charge in [0, 0.05) is 55.8 Å². The van der Waals surface area contributed by atoms with Crippen LogP contribution >= 0.6 is 11.6 Å². The van der Waals surface area contributed by atoms with E-state index in [-0.39, 0.29) is 11.6 Å². The number of carbonyl (C=O) groups excluding carboxylic acids is 1. The maximum Gasteiger partial charge on any atom is 0.330 e. The summed E-state index contributed by atoms with van der Waals surface area (Å²) in [4.78, 5) is 45.7. The maximum absolute atomic E-state index is 13.1. The van der Waals surface area contributed by atoms with Crippen molar-refractivity contribution in [2.24, 2.45) is 14.1 Å². The molecular formula is C38H41ClN8O4. The summed E-state index contributed by atoms with van der Waals surface area (Å²) >= 11 is 7.07. The number of amides is 2. The lowest BCUT2D eigenvalue weighted by Gasteiger charge is -2.33. The minimum Gasteiger partial charge on any atom is -0.481 e. The summed E-state index contributed by atoms with van der Waals surface area (Å²) in [7, 11) is 4.76. The maximum atomic E-state index is 13.1. The fourth-order valence-corrected chi connectivity index (χ4v) is 7.75. The molecule has 1 aliphatic carbocycles. The van der Waals surface area contributed by atoms with E-state index in [0.29, 0.717) is 27.6 Å². The number of hydrogen-bond acceptors (Lipinski definition) is 8. The lowest BCUT2D eigenvalue weighted by Crippen LogP contribution is -2.59. The first kappa shape index (κ1) is 34.3. The van der Waals surface area contributed by atoms with Crippen molar-refractivity contribution in [2.75, 3.05) is 32.1 Å². The number of urea groups is 1. The van der Waals surface area contributed by atoms with Crippen LogP contribution in [-0.2, 0) is 26.9 Å². The molecule has 1 spiro atoms. The first-order chi connectivity index (χ1) is 24.6. The average Bonchev–Trinajstić information content (AvgIpc) is 3.80.